The molecule has 1 aromatic rings. The number of allylic oxidation sites excluding steroid dienone is 2. The van der Waals surface area contributed by atoms with Crippen LogP contribution in [0, 0.1) is 28.0 Å². The Morgan fingerprint density at radius 3 is 2.57 bits per heavy atom. The summed E-state index contributed by atoms with van der Waals surface area (Å²) in [6.07, 6.45) is 2.49. The zero-order valence-corrected chi connectivity index (χ0v) is 18.8. The Kier molecular flexibility index (Phi) is 7.18. The molecule has 3 atom stereocenters. The van der Waals surface area contributed by atoms with Gasteiger partial charge in [0, 0.05) is 29.3 Å². The van der Waals surface area contributed by atoms with E-state index in [1.165, 1.54) is 19.2 Å². The molecule has 30 heavy (non-hydrogen) atoms. The minimum atomic E-state index is -1.26. The average molecular weight is 417 g/mol. The Labute approximate surface area is 178 Å². The maximum atomic E-state index is 13.9. The fourth-order valence-corrected chi connectivity index (χ4v) is 4.55. The van der Waals surface area contributed by atoms with E-state index in [0.717, 1.165) is 6.42 Å². The molecule has 0 saturated carbocycles. The number of nitrogens with one attached hydrogen (secondary N) is 1. The number of methoxy groups -OCH3 is 1. The van der Waals surface area contributed by atoms with Gasteiger partial charge in [-0.3, -0.25) is 4.79 Å². The van der Waals surface area contributed by atoms with E-state index in [-0.39, 0.29) is 17.2 Å². The van der Waals surface area contributed by atoms with Gasteiger partial charge in [-0.15, -0.1) is 0 Å². The average Bonchev–Trinajstić information content (AvgIpc) is 2.66. The van der Waals surface area contributed by atoms with Gasteiger partial charge in [0.25, 0.3) is 0 Å². The number of aliphatic carboxylic acids is 1. The van der Waals surface area contributed by atoms with Gasteiger partial charge in [-0.05, 0) is 37.7 Å². The van der Waals surface area contributed by atoms with E-state index in [4.69, 9.17) is 4.74 Å². The molecule has 0 amide bonds. The lowest BCUT2D eigenvalue weighted by Crippen LogP contribution is -2.57. The van der Waals surface area contributed by atoms with Crippen LogP contribution in [0.3, 0.4) is 0 Å². The van der Waals surface area contributed by atoms with Crippen molar-refractivity contribution in [1.82, 2.24) is 5.32 Å². The molecule has 2 N–H and O–H groups in total. The Bertz CT molecular complexity index is 866. The first-order valence-corrected chi connectivity index (χ1v) is 10.5. The first-order valence-electron chi connectivity index (χ1n) is 10.5. The minimum Gasteiger partial charge on any atom is -0.496 e. The zero-order chi connectivity index (χ0) is 22.7. The van der Waals surface area contributed by atoms with Crippen molar-refractivity contribution in [3.63, 3.8) is 0 Å². The van der Waals surface area contributed by atoms with Crippen LogP contribution in [0.15, 0.2) is 29.5 Å². The largest absolute Gasteiger partial charge is 0.496 e. The van der Waals surface area contributed by atoms with Gasteiger partial charge in [0.15, 0.2) is 0 Å². The van der Waals surface area contributed by atoms with Gasteiger partial charge in [0.2, 0.25) is 0 Å². The number of nitriles is 1. The van der Waals surface area contributed by atoms with Gasteiger partial charge in [0.1, 0.15) is 11.6 Å². The van der Waals surface area contributed by atoms with Crippen LogP contribution in [0.4, 0.5) is 4.39 Å². The van der Waals surface area contributed by atoms with Crippen molar-refractivity contribution in [1.29, 1.82) is 5.26 Å². The molecule has 1 aromatic carbocycles. The van der Waals surface area contributed by atoms with Crippen molar-refractivity contribution in [2.75, 3.05) is 7.11 Å². The molecule has 0 radical (unpaired) electrons. The van der Waals surface area contributed by atoms with Crippen molar-refractivity contribution >= 4 is 5.97 Å². The standard InChI is InChI=1S/C24H33FN2O3/c1-7-8-20-24(22(28)29,12-11-23(3,4)5)21(18(14-26)15(2)27-20)17-10-9-16(25)13-19(17)30-6/h9-10,13,20-21,27H,7-8,11-12H2,1-6H3,(H,28,29). The van der Waals surface area contributed by atoms with Crippen LogP contribution in [-0.2, 0) is 4.79 Å². The Balaban J connectivity index is 2.85. The highest BCUT2D eigenvalue weighted by Crippen LogP contribution is 2.54. The molecule has 1 heterocycles. The van der Waals surface area contributed by atoms with Crippen LogP contribution in [0.1, 0.15) is 71.8 Å². The molecule has 0 aliphatic carbocycles. The number of rotatable bonds is 7. The molecule has 1 aliphatic heterocycles. The second-order valence-electron chi connectivity index (χ2n) is 9.36. The third-order valence-corrected chi connectivity index (χ3v) is 6.11. The first kappa shape index (κ1) is 23.7. The molecule has 164 valence electrons. The predicted molar refractivity (Wildman–Crippen MR) is 115 cm³/mol. The summed E-state index contributed by atoms with van der Waals surface area (Å²) >= 11 is 0. The molecule has 0 saturated heterocycles. The third-order valence-electron chi connectivity index (χ3n) is 6.11. The van der Waals surface area contributed by atoms with Crippen molar-refractivity contribution in [2.45, 2.75) is 72.3 Å². The van der Waals surface area contributed by atoms with E-state index in [9.17, 15) is 19.6 Å². The van der Waals surface area contributed by atoms with E-state index >= 15 is 0 Å². The summed E-state index contributed by atoms with van der Waals surface area (Å²) in [6.45, 7) is 10.1. The molecular weight excluding hydrogens is 383 g/mol. The highest BCUT2D eigenvalue weighted by Gasteiger charge is 2.56. The van der Waals surface area contributed by atoms with Gasteiger partial charge in [-0.2, -0.15) is 5.26 Å². The van der Waals surface area contributed by atoms with E-state index in [2.05, 4.69) is 32.2 Å². The van der Waals surface area contributed by atoms with Crippen LogP contribution in [0.5, 0.6) is 5.75 Å². The summed E-state index contributed by atoms with van der Waals surface area (Å²) in [5.41, 5.74) is 0.218. The van der Waals surface area contributed by atoms with Gasteiger partial charge in [-0.25, -0.2) is 4.39 Å². The van der Waals surface area contributed by atoms with Gasteiger partial charge in [-0.1, -0.05) is 40.2 Å². The number of hydrogen-bond acceptors (Lipinski definition) is 4. The Hall–Kier alpha value is -2.55. The molecule has 0 spiro atoms. The maximum Gasteiger partial charge on any atom is 0.312 e. The smallest absolute Gasteiger partial charge is 0.312 e. The lowest BCUT2D eigenvalue weighted by atomic mass is 9.58. The minimum absolute atomic E-state index is 0.0837. The van der Waals surface area contributed by atoms with Crippen molar-refractivity contribution in [3.05, 3.63) is 40.8 Å². The van der Waals surface area contributed by atoms with E-state index in [1.54, 1.807) is 13.0 Å². The van der Waals surface area contributed by atoms with Crippen molar-refractivity contribution < 1.29 is 19.0 Å². The summed E-state index contributed by atoms with van der Waals surface area (Å²) in [5.74, 6) is -1.89. The number of hydrogen-bond donors (Lipinski definition) is 2. The topological polar surface area (TPSA) is 82.3 Å². The summed E-state index contributed by atoms with van der Waals surface area (Å²) in [5, 5.41) is 24.0. The number of ether oxygens (including phenoxy) is 1. The molecule has 5 nitrogen and oxygen atoms in total. The molecule has 2 rings (SSSR count). The summed E-state index contributed by atoms with van der Waals surface area (Å²) in [4.78, 5) is 13.0. The van der Waals surface area contributed by atoms with Crippen LogP contribution in [-0.4, -0.2) is 24.2 Å². The highest BCUT2D eigenvalue weighted by atomic mass is 19.1. The molecule has 0 bridgehead atoms. The summed E-state index contributed by atoms with van der Waals surface area (Å²) in [7, 11) is 1.43. The number of carbonyl (C=O) groups is 1. The lowest BCUT2D eigenvalue weighted by molar-refractivity contribution is -0.154. The highest BCUT2D eigenvalue weighted by molar-refractivity contribution is 5.80. The molecule has 1 aliphatic rings. The van der Waals surface area contributed by atoms with Crippen molar-refractivity contribution in [3.8, 4) is 11.8 Å². The zero-order valence-electron chi connectivity index (χ0n) is 18.8. The first-order chi connectivity index (χ1) is 14.0. The van der Waals surface area contributed by atoms with Crippen LogP contribution in [0.25, 0.3) is 0 Å². The van der Waals surface area contributed by atoms with Crippen LogP contribution >= 0.6 is 0 Å². The van der Waals surface area contributed by atoms with Gasteiger partial charge in [0.05, 0.1) is 24.2 Å². The van der Waals surface area contributed by atoms with E-state index in [0.29, 0.717) is 36.1 Å². The van der Waals surface area contributed by atoms with Crippen molar-refractivity contribution in [2.24, 2.45) is 10.8 Å². The SMILES string of the molecule is CCCC1NC(C)=C(C#N)C(c2ccc(F)cc2OC)C1(CCC(C)(C)C)C(=O)O. The summed E-state index contributed by atoms with van der Waals surface area (Å²) < 4.78 is 19.4. The third kappa shape index (κ3) is 4.45. The number of carboxylic acids is 1. The second-order valence-corrected chi connectivity index (χ2v) is 9.36. The second kappa shape index (κ2) is 9.07. The summed E-state index contributed by atoms with van der Waals surface area (Å²) in [6, 6.07) is 6.00. The molecule has 0 fully saturated rings. The predicted octanol–water partition coefficient (Wildman–Crippen LogP) is 5.38. The normalized spacial score (nSPS) is 24.2. The number of nitrogens with zero attached hydrogens (tertiary/aromatic N) is 1. The quantitative estimate of drug-likeness (QED) is 0.623. The lowest BCUT2D eigenvalue weighted by Gasteiger charge is -2.48. The molecule has 3 unspecified atom stereocenters. The molecular formula is C24H33FN2O3. The maximum absolute atomic E-state index is 13.9. The molecule has 0 aromatic heterocycles. The number of halogens is 1. The fraction of sp³-hybridized carbons (Fsp3) is 0.583. The van der Waals surface area contributed by atoms with E-state index in [1.807, 2.05) is 6.92 Å². The fourth-order valence-electron chi connectivity index (χ4n) is 4.55. The Morgan fingerprint density at radius 1 is 1.40 bits per heavy atom. The van der Waals surface area contributed by atoms with Gasteiger partial charge >= 0.3 is 5.97 Å². The van der Waals surface area contributed by atoms with E-state index < -0.39 is 23.1 Å². The van der Waals surface area contributed by atoms with Crippen LogP contribution < -0.4 is 10.1 Å². The monoisotopic (exact) mass is 416 g/mol. The Morgan fingerprint density at radius 2 is 2.07 bits per heavy atom. The number of benzene rings is 1. The van der Waals surface area contributed by atoms with Gasteiger partial charge < -0.3 is 15.2 Å². The number of carboxylic acid groups (broad SMARTS) is 1. The molecule has 6 heteroatoms. The van der Waals surface area contributed by atoms with Crippen LogP contribution in [0.2, 0.25) is 0 Å².